The van der Waals surface area contributed by atoms with E-state index in [0.717, 1.165) is 22.4 Å². The van der Waals surface area contributed by atoms with Gasteiger partial charge in [-0.05, 0) is 34.9 Å². The van der Waals surface area contributed by atoms with Gasteiger partial charge in [0.2, 0.25) is 5.91 Å². The van der Waals surface area contributed by atoms with E-state index in [1.807, 2.05) is 88.7 Å². The Hall–Kier alpha value is -3.60. The average Bonchev–Trinajstić information content (AvgIpc) is 2.84. The van der Waals surface area contributed by atoms with Gasteiger partial charge in [-0.2, -0.15) is 0 Å². The zero-order valence-corrected chi connectivity index (χ0v) is 17.7. The second-order valence-corrected chi connectivity index (χ2v) is 7.61. The Morgan fingerprint density at radius 3 is 2.23 bits per heavy atom. The summed E-state index contributed by atoms with van der Waals surface area (Å²) in [5.41, 5.74) is 3.59. The average molecular weight is 415 g/mol. The first-order chi connectivity index (χ1) is 15.2. The quantitative estimate of drug-likeness (QED) is 0.637. The normalized spacial score (nSPS) is 13.7. The number of nitrogens with zero attached hydrogens (tertiary/aromatic N) is 2. The Balaban J connectivity index is 1.40. The van der Waals surface area contributed by atoms with Gasteiger partial charge in [0.1, 0.15) is 5.75 Å². The van der Waals surface area contributed by atoms with Crippen LogP contribution in [0, 0.1) is 0 Å². The van der Waals surface area contributed by atoms with Gasteiger partial charge in [0.25, 0.3) is 5.91 Å². The van der Waals surface area contributed by atoms with E-state index in [1.54, 1.807) is 7.11 Å². The molecular formula is C26H26N2O3. The lowest BCUT2D eigenvalue weighted by molar-refractivity contribution is -0.131. The van der Waals surface area contributed by atoms with Gasteiger partial charge < -0.3 is 14.5 Å². The van der Waals surface area contributed by atoms with E-state index >= 15 is 0 Å². The number of carbonyl (C=O) groups is 2. The number of rotatable bonds is 5. The van der Waals surface area contributed by atoms with Crippen molar-refractivity contribution >= 4 is 11.8 Å². The number of carbonyl (C=O) groups excluding carboxylic acids is 2. The molecule has 158 valence electrons. The highest BCUT2D eigenvalue weighted by Gasteiger charge is 2.26. The molecule has 1 heterocycles. The van der Waals surface area contributed by atoms with Crippen molar-refractivity contribution in [1.82, 2.24) is 9.80 Å². The van der Waals surface area contributed by atoms with Gasteiger partial charge in [-0.15, -0.1) is 0 Å². The van der Waals surface area contributed by atoms with Crippen LogP contribution in [-0.4, -0.2) is 54.9 Å². The molecular weight excluding hydrogens is 388 g/mol. The molecule has 0 aliphatic carbocycles. The van der Waals surface area contributed by atoms with Gasteiger partial charge in [0.05, 0.1) is 13.5 Å². The fourth-order valence-corrected chi connectivity index (χ4v) is 3.94. The molecule has 5 nitrogen and oxygen atoms in total. The Labute approximate surface area is 182 Å². The maximum atomic E-state index is 13.2. The van der Waals surface area contributed by atoms with E-state index in [2.05, 4.69) is 0 Å². The van der Waals surface area contributed by atoms with Gasteiger partial charge >= 0.3 is 0 Å². The Bertz CT molecular complexity index is 1060. The highest BCUT2D eigenvalue weighted by atomic mass is 16.5. The van der Waals surface area contributed by atoms with Crippen LogP contribution < -0.4 is 4.74 Å². The van der Waals surface area contributed by atoms with Crippen LogP contribution in [-0.2, 0) is 11.2 Å². The molecule has 1 saturated heterocycles. The van der Waals surface area contributed by atoms with Crippen molar-refractivity contribution in [2.24, 2.45) is 0 Å². The van der Waals surface area contributed by atoms with E-state index in [9.17, 15) is 9.59 Å². The lowest BCUT2D eigenvalue weighted by atomic mass is 9.98. The van der Waals surface area contributed by atoms with Crippen molar-refractivity contribution in [2.45, 2.75) is 6.42 Å². The molecule has 1 aliphatic rings. The van der Waals surface area contributed by atoms with Crippen LogP contribution in [0.4, 0.5) is 0 Å². The Morgan fingerprint density at radius 2 is 1.48 bits per heavy atom. The smallest absolute Gasteiger partial charge is 0.254 e. The van der Waals surface area contributed by atoms with Crippen LogP contribution in [0.2, 0.25) is 0 Å². The standard InChI is InChI=1S/C26H26N2O3/c1-31-22-11-7-8-20(18-22)19-25(29)27-14-16-28(17-15-27)26(30)24-13-6-5-12-23(24)21-9-3-2-4-10-21/h2-13,18H,14-17,19H2,1H3. The summed E-state index contributed by atoms with van der Waals surface area (Å²) in [5.74, 6) is 0.835. The number of benzene rings is 3. The monoisotopic (exact) mass is 414 g/mol. The molecule has 0 spiro atoms. The van der Waals surface area contributed by atoms with Crippen LogP contribution in [0.5, 0.6) is 5.75 Å². The first kappa shape index (κ1) is 20.7. The fraction of sp³-hybridized carbons (Fsp3) is 0.231. The molecule has 1 fully saturated rings. The first-order valence-corrected chi connectivity index (χ1v) is 10.5. The Morgan fingerprint density at radius 1 is 0.806 bits per heavy atom. The summed E-state index contributed by atoms with van der Waals surface area (Å²) >= 11 is 0. The minimum Gasteiger partial charge on any atom is -0.497 e. The van der Waals surface area contributed by atoms with Crippen molar-refractivity contribution in [3.63, 3.8) is 0 Å². The van der Waals surface area contributed by atoms with Crippen LogP contribution in [0.1, 0.15) is 15.9 Å². The SMILES string of the molecule is COc1cccc(CC(=O)N2CCN(C(=O)c3ccccc3-c3ccccc3)CC2)c1. The molecule has 0 N–H and O–H groups in total. The molecule has 0 atom stereocenters. The third-order valence-electron chi connectivity index (χ3n) is 5.65. The summed E-state index contributed by atoms with van der Waals surface area (Å²) < 4.78 is 5.24. The predicted molar refractivity (Wildman–Crippen MR) is 121 cm³/mol. The fourth-order valence-electron chi connectivity index (χ4n) is 3.94. The maximum Gasteiger partial charge on any atom is 0.254 e. The summed E-state index contributed by atoms with van der Waals surface area (Å²) in [6.07, 6.45) is 0.335. The molecule has 0 unspecified atom stereocenters. The topological polar surface area (TPSA) is 49.9 Å². The van der Waals surface area contributed by atoms with Crippen LogP contribution >= 0.6 is 0 Å². The number of amides is 2. The molecule has 3 aromatic carbocycles. The van der Waals surface area contributed by atoms with Crippen LogP contribution in [0.15, 0.2) is 78.9 Å². The first-order valence-electron chi connectivity index (χ1n) is 10.5. The summed E-state index contributed by atoms with van der Waals surface area (Å²) in [6, 6.07) is 25.2. The van der Waals surface area contributed by atoms with Gasteiger partial charge in [-0.3, -0.25) is 9.59 Å². The lowest BCUT2D eigenvalue weighted by Crippen LogP contribution is -2.51. The predicted octanol–water partition coefficient (Wildman–Crippen LogP) is 3.89. The van der Waals surface area contributed by atoms with Crippen LogP contribution in [0.3, 0.4) is 0 Å². The molecule has 4 rings (SSSR count). The van der Waals surface area contributed by atoms with Crippen molar-refractivity contribution in [3.05, 3.63) is 90.0 Å². The molecule has 1 aliphatic heterocycles. The summed E-state index contributed by atoms with van der Waals surface area (Å²) in [5, 5.41) is 0. The van der Waals surface area contributed by atoms with E-state index in [0.29, 0.717) is 38.2 Å². The molecule has 31 heavy (non-hydrogen) atoms. The Kier molecular flexibility index (Phi) is 6.32. The largest absolute Gasteiger partial charge is 0.497 e. The zero-order valence-electron chi connectivity index (χ0n) is 17.7. The summed E-state index contributed by atoms with van der Waals surface area (Å²) in [7, 11) is 1.62. The zero-order chi connectivity index (χ0) is 21.6. The number of ether oxygens (including phenoxy) is 1. The highest BCUT2D eigenvalue weighted by Crippen LogP contribution is 2.25. The summed E-state index contributed by atoms with van der Waals surface area (Å²) in [4.78, 5) is 29.7. The van der Waals surface area contributed by atoms with E-state index < -0.39 is 0 Å². The second-order valence-electron chi connectivity index (χ2n) is 7.61. The number of methoxy groups -OCH3 is 1. The molecule has 0 radical (unpaired) electrons. The van der Waals surface area contributed by atoms with Gasteiger partial charge in [0, 0.05) is 31.7 Å². The molecule has 0 saturated carbocycles. The van der Waals surface area contributed by atoms with E-state index in [1.165, 1.54) is 0 Å². The van der Waals surface area contributed by atoms with Gasteiger partial charge in [-0.1, -0.05) is 60.7 Å². The third-order valence-corrected chi connectivity index (χ3v) is 5.65. The van der Waals surface area contributed by atoms with Crippen molar-refractivity contribution < 1.29 is 14.3 Å². The maximum absolute atomic E-state index is 13.2. The molecule has 0 aromatic heterocycles. The van der Waals surface area contributed by atoms with Gasteiger partial charge in [0.15, 0.2) is 0 Å². The minimum absolute atomic E-state index is 0.0133. The number of hydrogen-bond acceptors (Lipinski definition) is 3. The minimum atomic E-state index is 0.0133. The number of piperazine rings is 1. The van der Waals surface area contributed by atoms with Crippen molar-refractivity contribution in [2.75, 3.05) is 33.3 Å². The third kappa shape index (κ3) is 4.77. The molecule has 0 bridgehead atoms. The highest BCUT2D eigenvalue weighted by molar-refractivity contribution is 6.01. The second kappa shape index (κ2) is 9.47. The van der Waals surface area contributed by atoms with Gasteiger partial charge in [-0.25, -0.2) is 0 Å². The van der Waals surface area contributed by atoms with E-state index in [4.69, 9.17) is 4.74 Å². The molecule has 2 amide bonds. The van der Waals surface area contributed by atoms with Crippen molar-refractivity contribution in [1.29, 1.82) is 0 Å². The van der Waals surface area contributed by atoms with Crippen molar-refractivity contribution in [3.8, 4) is 16.9 Å². The lowest BCUT2D eigenvalue weighted by Gasteiger charge is -2.35. The summed E-state index contributed by atoms with van der Waals surface area (Å²) in [6.45, 7) is 2.15. The molecule has 5 heteroatoms. The number of hydrogen-bond donors (Lipinski definition) is 0. The molecule has 3 aromatic rings. The van der Waals surface area contributed by atoms with Crippen LogP contribution in [0.25, 0.3) is 11.1 Å². The van der Waals surface area contributed by atoms with E-state index in [-0.39, 0.29) is 11.8 Å².